The average molecular weight is 341 g/mol. The van der Waals surface area contributed by atoms with E-state index in [1.165, 1.54) is 6.33 Å². The lowest BCUT2D eigenvalue weighted by Crippen LogP contribution is -2.09. The summed E-state index contributed by atoms with van der Waals surface area (Å²) < 4.78 is 18.5. The van der Waals surface area contributed by atoms with Crippen molar-refractivity contribution in [2.75, 3.05) is 25.6 Å². The summed E-state index contributed by atoms with van der Waals surface area (Å²) in [5.74, 6) is 2.91. The van der Waals surface area contributed by atoms with Crippen molar-refractivity contribution in [2.45, 2.75) is 19.6 Å². The Labute approximate surface area is 144 Å². The average Bonchev–Trinajstić information content (AvgIpc) is 2.96. The number of hydrogen-bond donors (Lipinski definition) is 1. The van der Waals surface area contributed by atoms with E-state index in [-0.39, 0.29) is 0 Å². The molecule has 0 saturated heterocycles. The van der Waals surface area contributed by atoms with Gasteiger partial charge in [0.1, 0.15) is 12.1 Å². The van der Waals surface area contributed by atoms with Crippen LogP contribution in [0.5, 0.6) is 11.5 Å². The van der Waals surface area contributed by atoms with Crippen LogP contribution < -0.4 is 14.8 Å². The van der Waals surface area contributed by atoms with Gasteiger partial charge in [0, 0.05) is 31.7 Å². The number of para-hydroxylation sites is 1. The van der Waals surface area contributed by atoms with Crippen molar-refractivity contribution in [3.63, 3.8) is 0 Å². The Morgan fingerprint density at radius 3 is 3.12 bits per heavy atom. The lowest BCUT2D eigenvalue weighted by molar-refractivity contribution is 0.181. The second-order valence-electron chi connectivity index (χ2n) is 5.69. The Morgan fingerprint density at radius 2 is 2.20 bits per heavy atom. The normalized spacial score (nSPS) is 13.6. The molecule has 0 amide bonds. The highest BCUT2D eigenvalue weighted by Gasteiger charge is 2.15. The third-order valence-corrected chi connectivity index (χ3v) is 3.91. The molecule has 0 saturated carbocycles. The van der Waals surface area contributed by atoms with Crippen LogP contribution in [-0.2, 0) is 17.9 Å². The van der Waals surface area contributed by atoms with Crippen LogP contribution in [0.15, 0.2) is 30.6 Å². The monoisotopic (exact) mass is 341 g/mol. The largest absolute Gasteiger partial charge is 0.490 e. The molecule has 0 unspecified atom stereocenters. The highest BCUT2D eigenvalue weighted by atomic mass is 16.5. The number of hydrogen-bond acceptors (Lipinski definition) is 7. The summed E-state index contributed by atoms with van der Waals surface area (Å²) in [7, 11) is 1.64. The molecule has 3 heterocycles. The standard InChI is InChI=1S/C17H19N5O3/c1-23-10-13-8-15(22-17(21-13)19-11-20-22)18-9-12-4-2-5-14-16(12)25-7-3-6-24-14/h2,4-5,8,11,18H,3,6-7,9-10H2,1H3. The smallest absolute Gasteiger partial charge is 0.254 e. The van der Waals surface area contributed by atoms with Crippen LogP contribution >= 0.6 is 0 Å². The molecule has 0 fully saturated rings. The van der Waals surface area contributed by atoms with Crippen molar-refractivity contribution in [2.24, 2.45) is 0 Å². The fraction of sp³-hybridized carbons (Fsp3) is 0.353. The van der Waals surface area contributed by atoms with Crippen LogP contribution in [0.4, 0.5) is 5.82 Å². The van der Waals surface area contributed by atoms with Crippen LogP contribution in [0.1, 0.15) is 17.7 Å². The summed E-state index contributed by atoms with van der Waals surface area (Å²) in [6.07, 6.45) is 2.36. The lowest BCUT2D eigenvalue weighted by atomic mass is 10.2. The van der Waals surface area contributed by atoms with E-state index >= 15 is 0 Å². The Bertz CT molecular complexity index is 880. The third-order valence-electron chi connectivity index (χ3n) is 3.91. The number of rotatable bonds is 5. The number of ether oxygens (including phenoxy) is 3. The number of nitrogens with zero attached hydrogens (tertiary/aromatic N) is 4. The lowest BCUT2D eigenvalue weighted by Gasteiger charge is -2.14. The van der Waals surface area contributed by atoms with E-state index in [4.69, 9.17) is 14.2 Å². The van der Waals surface area contributed by atoms with Gasteiger partial charge in [0.05, 0.1) is 25.5 Å². The predicted octanol–water partition coefficient (Wildman–Crippen LogP) is 2.04. The molecule has 0 aliphatic carbocycles. The van der Waals surface area contributed by atoms with Gasteiger partial charge in [-0.15, -0.1) is 0 Å². The topological polar surface area (TPSA) is 82.8 Å². The van der Waals surface area contributed by atoms with Gasteiger partial charge in [-0.1, -0.05) is 12.1 Å². The van der Waals surface area contributed by atoms with Crippen LogP contribution in [0.3, 0.4) is 0 Å². The maximum atomic E-state index is 5.87. The molecule has 25 heavy (non-hydrogen) atoms. The van der Waals surface area contributed by atoms with Crippen molar-refractivity contribution in [3.8, 4) is 11.5 Å². The number of benzene rings is 1. The van der Waals surface area contributed by atoms with E-state index in [0.717, 1.165) is 35.0 Å². The number of methoxy groups -OCH3 is 1. The summed E-state index contributed by atoms with van der Waals surface area (Å²) in [6, 6.07) is 7.84. The zero-order valence-electron chi connectivity index (χ0n) is 13.9. The molecule has 1 aliphatic heterocycles. The van der Waals surface area contributed by atoms with E-state index in [9.17, 15) is 0 Å². The van der Waals surface area contributed by atoms with Crippen molar-refractivity contribution in [3.05, 3.63) is 41.9 Å². The Hall–Kier alpha value is -2.87. The third kappa shape index (κ3) is 3.20. The summed E-state index contributed by atoms with van der Waals surface area (Å²) in [5, 5.41) is 7.61. The molecule has 1 aromatic carbocycles. The summed E-state index contributed by atoms with van der Waals surface area (Å²) >= 11 is 0. The second-order valence-corrected chi connectivity index (χ2v) is 5.69. The van der Waals surface area contributed by atoms with Gasteiger partial charge >= 0.3 is 0 Å². The minimum absolute atomic E-state index is 0.412. The van der Waals surface area contributed by atoms with Crippen LogP contribution in [0.25, 0.3) is 5.78 Å². The van der Waals surface area contributed by atoms with E-state index in [2.05, 4.69) is 20.4 Å². The van der Waals surface area contributed by atoms with Crippen molar-refractivity contribution in [1.82, 2.24) is 19.6 Å². The first kappa shape index (κ1) is 15.6. The van der Waals surface area contributed by atoms with Crippen molar-refractivity contribution in [1.29, 1.82) is 0 Å². The SMILES string of the molecule is COCc1cc(NCc2cccc3c2OCCCO3)n2ncnc2n1. The molecule has 1 aliphatic rings. The summed E-state index contributed by atoms with van der Waals surface area (Å²) in [4.78, 5) is 8.56. The fourth-order valence-corrected chi connectivity index (χ4v) is 2.79. The molecule has 1 N–H and O–H groups in total. The number of anilines is 1. The second kappa shape index (κ2) is 6.94. The first-order valence-electron chi connectivity index (χ1n) is 8.15. The fourth-order valence-electron chi connectivity index (χ4n) is 2.79. The molecule has 0 radical (unpaired) electrons. The first-order chi connectivity index (χ1) is 12.3. The maximum Gasteiger partial charge on any atom is 0.254 e. The first-order valence-corrected chi connectivity index (χ1v) is 8.15. The van der Waals surface area contributed by atoms with E-state index in [0.29, 0.717) is 32.1 Å². The molecule has 0 bridgehead atoms. The molecule has 0 spiro atoms. The molecule has 130 valence electrons. The summed E-state index contributed by atoms with van der Waals surface area (Å²) in [6.45, 7) is 2.31. The number of nitrogens with one attached hydrogen (secondary N) is 1. The van der Waals surface area contributed by atoms with Gasteiger partial charge in [0.25, 0.3) is 5.78 Å². The molecule has 8 nitrogen and oxygen atoms in total. The highest BCUT2D eigenvalue weighted by Crippen LogP contribution is 2.33. The van der Waals surface area contributed by atoms with Gasteiger partial charge in [-0.2, -0.15) is 14.6 Å². The van der Waals surface area contributed by atoms with Gasteiger partial charge in [-0.05, 0) is 6.07 Å². The molecular formula is C17H19N5O3. The molecule has 2 aromatic heterocycles. The van der Waals surface area contributed by atoms with Gasteiger partial charge in [0.15, 0.2) is 11.5 Å². The number of fused-ring (bicyclic) bond motifs is 2. The van der Waals surface area contributed by atoms with E-state index in [1.54, 1.807) is 11.6 Å². The molecule has 0 atom stereocenters. The summed E-state index contributed by atoms with van der Waals surface area (Å²) in [5.41, 5.74) is 1.81. The highest BCUT2D eigenvalue weighted by molar-refractivity contribution is 5.50. The van der Waals surface area contributed by atoms with Gasteiger partial charge in [-0.3, -0.25) is 0 Å². The Morgan fingerprint density at radius 1 is 1.28 bits per heavy atom. The van der Waals surface area contributed by atoms with Gasteiger partial charge in [0.2, 0.25) is 0 Å². The van der Waals surface area contributed by atoms with Crippen LogP contribution in [0.2, 0.25) is 0 Å². The van der Waals surface area contributed by atoms with Crippen LogP contribution in [0, 0.1) is 0 Å². The van der Waals surface area contributed by atoms with Gasteiger partial charge < -0.3 is 19.5 Å². The number of aromatic nitrogens is 4. The zero-order chi connectivity index (χ0) is 17.1. The Balaban J connectivity index is 1.61. The minimum Gasteiger partial charge on any atom is -0.490 e. The molecule has 4 rings (SSSR count). The zero-order valence-corrected chi connectivity index (χ0v) is 13.9. The van der Waals surface area contributed by atoms with Gasteiger partial charge in [-0.25, -0.2) is 4.98 Å². The van der Waals surface area contributed by atoms with E-state index in [1.807, 2.05) is 24.3 Å². The molecular weight excluding hydrogens is 322 g/mol. The van der Waals surface area contributed by atoms with Crippen molar-refractivity contribution < 1.29 is 14.2 Å². The van der Waals surface area contributed by atoms with Crippen LogP contribution in [-0.4, -0.2) is 39.9 Å². The maximum absolute atomic E-state index is 5.87. The molecule has 8 heteroatoms. The predicted molar refractivity (Wildman–Crippen MR) is 90.9 cm³/mol. The Kier molecular flexibility index (Phi) is 4.34. The minimum atomic E-state index is 0.412. The quantitative estimate of drug-likeness (QED) is 0.760. The van der Waals surface area contributed by atoms with Crippen molar-refractivity contribution >= 4 is 11.6 Å². The van der Waals surface area contributed by atoms with E-state index < -0.39 is 0 Å². The molecule has 3 aromatic rings.